The lowest BCUT2D eigenvalue weighted by Crippen LogP contribution is -2.46. The van der Waals surface area contributed by atoms with Crippen LogP contribution in [0.15, 0.2) is 54.6 Å². The fourth-order valence-electron chi connectivity index (χ4n) is 3.57. The molecule has 0 aromatic heterocycles. The maximum absolute atomic E-state index is 13.8. The zero-order valence-electron chi connectivity index (χ0n) is 17.0. The average molecular weight is 400 g/mol. The van der Waals surface area contributed by atoms with Gasteiger partial charge in [-0.2, -0.15) is 0 Å². The Balaban J connectivity index is 1.59. The van der Waals surface area contributed by atoms with Crippen LogP contribution in [-0.2, 0) is 16.1 Å². The average Bonchev–Trinajstić information content (AvgIpc) is 2.74. The maximum Gasteiger partial charge on any atom is 0.225 e. The second kappa shape index (κ2) is 11.0. The summed E-state index contributed by atoms with van der Waals surface area (Å²) < 4.78 is 19.2. The number of amides is 1. The Bertz CT molecular complexity index is 766. The predicted molar refractivity (Wildman–Crippen MR) is 113 cm³/mol. The number of benzene rings is 2. The van der Waals surface area contributed by atoms with Crippen LogP contribution in [-0.4, -0.2) is 61.1 Å². The number of nitrogens with one attached hydrogen (secondary N) is 1. The molecule has 1 aliphatic heterocycles. The van der Waals surface area contributed by atoms with Crippen LogP contribution >= 0.6 is 0 Å². The molecule has 156 valence electrons. The lowest BCUT2D eigenvalue weighted by Gasteiger charge is -2.35. The van der Waals surface area contributed by atoms with Crippen molar-refractivity contribution in [2.24, 2.45) is 0 Å². The molecule has 1 unspecified atom stereocenters. The molecular weight excluding hydrogens is 369 g/mol. The quantitative estimate of drug-likeness (QED) is 0.702. The van der Waals surface area contributed by atoms with Gasteiger partial charge in [0.1, 0.15) is 5.82 Å². The summed E-state index contributed by atoms with van der Waals surface area (Å²) in [6, 6.07) is 16.8. The molecule has 0 radical (unpaired) electrons. The highest BCUT2D eigenvalue weighted by Crippen LogP contribution is 2.14. The zero-order valence-corrected chi connectivity index (χ0v) is 17.0. The number of hydrogen-bond acceptors (Lipinski definition) is 4. The van der Waals surface area contributed by atoms with Crippen LogP contribution in [0.3, 0.4) is 0 Å². The number of halogens is 1. The number of ether oxygens (including phenoxy) is 1. The number of nitrogens with zero attached hydrogens (tertiary/aromatic N) is 2. The Kier molecular flexibility index (Phi) is 8.16. The molecule has 0 saturated carbocycles. The fraction of sp³-hybridized carbons (Fsp3) is 0.435. The minimum Gasteiger partial charge on any atom is -0.379 e. The molecule has 1 amide bonds. The summed E-state index contributed by atoms with van der Waals surface area (Å²) in [6.07, 6.45) is 0.314. The van der Waals surface area contributed by atoms with Crippen molar-refractivity contribution in [3.05, 3.63) is 66.0 Å². The first kappa shape index (κ1) is 21.4. The summed E-state index contributed by atoms with van der Waals surface area (Å²) in [7, 11) is 0. The maximum atomic E-state index is 13.8. The molecule has 1 saturated heterocycles. The summed E-state index contributed by atoms with van der Waals surface area (Å²) in [6.45, 7) is 7.96. The van der Waals surface area contributed by atoms with E-state index in [2.05, 4.69) is 34.2 Å². The predicted octanol–water partition coefficient (Wildman–Crippen LogP) is 3.38. The topological polar surface area (TPSA) is 44.8 Å². The van der Waals surface area contributed by atoms with E-state index in [9.17, 15) is 9.18 Å². The van der Waals surface area contributed by atoms with Crippen molar-refractivity contribution in [1.82, 2.24) is 9.80 Å². The van der Waals surface area contributed by atoms with Gasteiger partial charge in [0.25, 0.3) is 0 Å². The third-order valence-electron chi connectivity index (χ3n) is 5.25. The molecule has 2 aromatic carbocycles. The van der Waals surface area contributed by atoms with Crippen molar-refractivity contribution in [3.63, 3.8) is 0 Å². The molecular formula is C23H30FN3O2. The van der Waals surface area contributed by atoms with E-state index in [1.807, 2.05) is 18.2 Å². The Hall–Kier alpha value is -2.28. The fourth-order valence-corrected chi connectivity index (χ4v) is 3.57. The van der Waals surface area contributed by atoms with Gasteiger partial charge in [0.15, 0.2) is 0 Å². The molecule has 1 heterocycles. The van der Waals surface area contributed by atoms with Gasteiger partial charge in [-0.25, -0.2) is 4.39 Å². The normalized spacial score (nSPS) is 16.0. The monoisotopic (exact) mass is 399 g/mol. The smallest absolute Gasteiger partial charge is 0.225 e. The Labute approximate surface area is 172 Å². The second-order valence-corrected chi connectivity index (χ2v) is 7.50. The van der Waals surface area contributed by atoms with Crippen molar-refractivity contribution >= 4 is 11.6 Å². The molecule has 5 nitrogen and oxygen atoms in total. The lowest BCUT2D eigenvalue weighted by molar-refractivity contribution is -0.116. The molecule has 0 bridgehead atoms. The van der Waals surface area contributed by atoms with Crippen molar-refractivity contribution < 1.29 is 13.9 Å². The van der Waals surface area contributed by atoms with Crippen LogP contribution in [0.25, 0.3) is 0 Å². The highest BCUT2D eigenvalue weighted by Gasteiger charge is 2.20. The first-order valence-electron chi connectivity index (χ1n) is 10.2. The number of anilines is 1. The third kappa shape index (κ3) is 6.92. The molecule has 1 atom stereocenters. The van der Waals surface area contributed by atoms with Crippen LogP contribution in [0.4, 0.5) is 10.1 Å². The molecule has 6 heteroatoms. The minimum absolute atomic E-state index is 0.174. The van der Waals surface area contributed by atoms with E-state index in [0.29, 0.717) is 13.0 Å². The van der Waals surface area contributed by atoms with Crippen molar-refractivity contribution in [2.45, 2.75) is 25.9 Å². The van der Waals surface area contributed by atoms with E-state index < -0.39 is 5.82 Å². The van der Waals surface area contributed by atoms with E-state index in [0.717, 1.165) is 39.4 Å². The van der Waals surface area contributed by atoms with Gasteiger partial charge in [-0.1, -0.05) is 42.5 Å². The first-order chi connectivity index (χ1) is 14.1. The highest BCUT2D eigenvalue weighted by molar-refractivity contribution is 5.90. The third-order valence-corrected chi connectivity index (χ3v) is 5.25. The zero-order chi connectivity index (χ0) is 20.5. The number of hydrogen-bond donors (Lipinski definition) is 1. The van der Waals surface area contributed by atoms with Crippen LogP contribution in [0.5, 0.6) is 0 Å². The van der Waals surface area contributed by atoms with Crippen molar-refractivity contribution in [2.75, 3.05) is 44.7 Å². The molecule has 29 heavy (non-hydrogen) atoms. The van der Waals surface area contributed by atoms with Crippen LogP contribution in [0.1, 0.15) is 18.9 Å². The van der Waals surface area contributed by atoms with Gasteiger partial charge in [0.2, 0.25) is 5.91 Å². The Morgan fingerprint density at radius 1 is 1.14 bits per heavy atom. The van der Waals surface area contributed by atoms with Crippen molar-refractivity contribution in [3.8, 4) is 0 Å². The molecule has 1 N–H and O–H groups in total. The van der Waals surface area contributed by atoms with Crippen LogP contribution in [0.2, 0.25) is 0 Å². The van der Waals surface area contributed by atoms with E-state index in [1.165, 1.54) is 11.6 Å². The molecule has 1 fully saturated rings. The van der Waals surface area contributed by atoms with E-state index in [4.69, 9.17) is 4.74 Å². The van der Waals surface area contributed by atoms with E-state index >= 15 is 0 Å². The van der Waals surface area contributed by atoms with Gasteiger partial charge in [0, 0.05) is 45.2 Å². The number of para-hydroxylation sites is 1. The minimum atomic E-state index is -0.414. The van der Waals surface area contributed by atoms with Crippen LogP contribution < -0.4 is 5.32 Å². The number of rotatable bonds is 9. The van der Waals surface area contributed by atoms with Gasteiger partial charge < -0.3 is 10.1 Å². The number of carbonyl (C=O) groups excluding carboxylic acids is 1. The lowest BCUT2D eigenvalue weighted by atomic mass is 10.1. The van der Waals surface area contributed by atoms with Gasteiger partial charge in [0.05, 0.1) is 18.9 Å². The summed E-state index contributed by atoms with van der Waals surface area (Å²) in [4.78, 5) is 17.1. The van der Waals surface area contributed by atoms with E-state index in [1.54, 1.807) is 18.2 Å². The van der Waals surface area contributed by atoms with Crippen LogP contribution in [0, 0.1) is 5.82 Å². The van der Waals surface area contributed by atoms with Gasteiger partial charge in [-0.3, -0.25) is 14.6 Å². The Morgan fingerprint density at radius 2 is 1.83 bits per heavy atom. The SMILES string of the molecule is CC(CN1CCOCC1)N(CCC(=O)Nc1ccccc1F)Cc1ccccc1. The second-order valence-electron chi connectivity index (χ2n) is 7.50. The number of carbonyl (C=O) groups is 1. The summed E-state index contributed by atoms with van der Waals surface area (Å²) in [5, 5.41) is 2.68. The van der Waals surface area contributed by atoms with Gasteiger partial charge in [-0.15, -0.1) is 0 Å². The molecule has 0 spiro atoms. The summed E-state index contributed by atoms with van der Waals surface area (Å²) >= 11 is 0. The van der Waals surface area contributed by atoms with Crippen molar-refractivity contribution in [1.29, 1.82) is 0 Å². The Morgan fingerprint density at radius 3 is 2.55 bits per heavy atom. The molecule has 0 aliphatic carbocycles. The highest BCUT2D eigenvalue weighted by atomic mass is 19.1. The summed E-state index contributed by atoms with van der Waals surface area (Å²) in [5.41, 5.74) is 1.45. The molecule has 3 rings (SSSR count). The first-order valence-corrected chi connectivity index (χ1v) is 10.2. The molecule has 2 aromatic rings. The number of morpholine rings is 1. The van der Waals surface area contributed by atoms with Gasteiger partial charge >= 0.3 is 0 Å². The standard InChI is InChI=1S/C23H30FN3O2/c1-19(17-26-13-15-29-16-14-26)27(18-20-7-3-2-4-8-20)12-11-23(28)25-22-10-6-5-9-21(22)24/h2-10,19H,11-18H2,1H3,(H,25,28). The molecule has 1 aliphatic rings. The van der Waals surface area contributed by atoms with Gasteiger partial charge in [-0.05, 0) is 24.6 Å². The largest absolute Gasteiger partial charge is 0.379 e. The summed E-state index contributed by atoms with van der Waals surface area (Å²) in [5.74, 6) is -0.589. The van der Waals surface area contributed by atoms with E-state index in [-0.39, 0.29) is 17.6 Å².